The van der Waals surface area contributed by atoms with Crippen molar-refractivity contribution in [2.24, 2.45) is 17.6 Å². The molecule has 0 fully saturated rings. The zero-order valence-corrected chi connectivity index (χ0v) is 10.1. The van der Waals surface area contributed by atoms with Crippen LogP contribution in [0, 0.1) is 23.2 Å². The SMILES string of the molecule is CCC(C#N)C(=O)N(CC(N)=O)CC(C)C. The lowest BCUT2D eigenvalue weighted by Gasteiger charge is -2.24. The standard InChI is InChI=1S/C11H19N3O2/c1-4-9(5-12)11(16)14(6-8(2)3)7-10(13)15/h8-9H,4,6-7H2,1-3H3,(H2,13,15). The highest BCUT2D eigenvalue weighted by Gasteiger charge is 2.24. The van der Waals surface area contributed by atoms with Gasteiger partial charge in [0.1, 0.15) is 5.92 Å². The van der Waals surface area contributed by atoms with Gasteiger partial charge in [-0.05, 0) is 12.3 Å². The maximum atomic E-state index is 11.9. The van der Waals surface area contributed by atoms with Gasteiger partial charge in [0.2, 0.25) is 11.8 Å². The molecule has 0 aliphatic rings. The Kier molecular flexibility index (Phi) is 6.16. The van der Waals surface area contributed by atoms with Gasteiger partial charge in [-0.1, -0.05) is 20.8 Å². The molecule has 16 heavy (non-hydrogen) atoms. The average molecular weight is 225 g/mol. The van der Waals surface area contributed by atoms with Crippen molar-refractivity contribution in [1.82, 2.24) is 4.90 Å². The number of nitriles is 1. The zero-order valence-electron chi connectivity index (χ0n) is 10.1. The first kappa shape index (κ1) is 14.4. The maximum absolute atomic E-state index is 11.9. The van der Waals surface area contributed by atoms with Gasteiger partial charge >= 0.3 is 0 Å². The van der Waals surface area contributed by atoms with Gasteiger partial charge in [0.15, 0.2) is 0 Å². The smallest absolute Gasteiger partial charge is 0.240 e. The van der Waals surface area contributed by atoms with E-state index in [0.29, 0.717) is 13.0 Å². The van der Waals surface area contributed by atoms with Gasteiger partial charge in [0.05, 0.1) is 12.6 Å². The van der Waals surface area contributed by atoms with Gasteiger partial charge in [0, 0.05) is 6.54 Å². The third-order valence-corrected chi connectivity index (χ3v) is 2.11. The third-order valence-electron chi connectivity index (χ3n) is 2.11. The number of rotatable bonds is 6. The van der Waals surface area contributed by atoms with Crippen LogP contribution in [0.3, 0.4) is 0 Å². The third kappa shape index (κ3) is 4.78. The molecule has 0 saturated heterocycles. The summed E-state index contributed by atoms with van der Waals surface area (Å²) in [5, 5.41) is 8.80. The Balaban J connectivity index is 4.68. The molecule has 0 aromatic heterocycles. The zero-order chi connectivity index (χ0) is 12.7. The van der Waals surface area contributed by atoms with Gasteiger partial charge in [-0.25, -0.2) is 0 Å². The van der Waals surface area contributed by atoms with Crippen LogP contribution >= 0.6 is 0 Å². The van der Waals surface area contributed by atoms with E-state index in [0.717, 1.165) is 0 Å². The number of nitrogens with zero attached hydrogens (tertiary/aromatic N) is 2. The fraction of sp³-hybridized carbons (Fsp3) is 0.727. The minimum Gasteiger partial charge on any atom is -0.368 e. The van der Waals surface area contributed by atoms with Crippen molar-refractivity contribution in [2.75, 3.05) is 13.1 Å². The van der Waals surface area contributed by atoms with Crippen LogP contribution in [0.25, 0.3) is 0 Å². The minimum atomic E-state index is -0.682. The van der Waals surface area contributed by atoms with E-state index < -0.39 is 11.8 Å². The summed E-state index contributed by atoms with van der Waals surface area (Å²) in [6.07, 6.45) is 0.447. The molecule has 0 radical (unpaired) electrons. The van der Waals surface area contributed by atoms with Gasteiger partial charge in [-0.2, -0.15) is 5.26 Å². The Labute approximate surface area is 96.2 Å². The molecule has 0 aromatic rings. The second-order valence-electron chi connectivity index (χ2n) is 4.17. The molecule has 0 aliphatic carbocycles. The normalized spacial score (nSPS) is 11.9. The van der Waals surface area contributed by atoms with Gasteiger partial charge < -0.3 is 10.6 Å². The highest BCUT2D eigenvalue weighted by Crippen LogP contribution is 2.08. The number of nitrogens with two attached hydrogens (primary N) is 1. The van der Waals surface area contributed by atoms with E-state index in [4.69, 9.17) is 11.0 Å². The fourth-order valence-electron chi connectivity index (χ4n) is 1.40. The molecular weight excluding hydrogens is 206 g/mol. The van der Waals surface area contributed by atoms with Crippen LogP contribution < -0.4 is 5.73 Å². The molecule has 0 heterocycles. The van der Waals surface area contributed by atoms with Crippen LogP contribution in [-0.4, -0.2) is 29.8 Å². The second kappa shape index (κ2) is 6.83. The summed E-state index contributed by atoms with van der Waals surface area (Å²) >= 11 is 0. The summed E-state index contributed by atoms with van der Waals surface area (Å²) in [7, 11) is 0. The summed E-state index contributed by atoms with van der Waals surface area (Å²) in [6.45, 7) is 5.97. The van der Waals surface area contributed by atoms with Crippen LogP contribution in [0.15, 0.2) is 0 Å². The summed E-state index contributed by atoms with van der Waals surface area (Å²) in [6, 6.07) is 1.94. The lowest BCUT2D eigenvalue weighted by Crippen LogP contribution is -2.43. The van der Waals surface area contributed by atoms with Gasteiger partial charge in [-0.3, -0.25) is 9.59 Å². The molecular formula is C11H19N3O2. The van der Waals surface area contributed by atoms with E-state index in [2.05, 4.69) is 0 Å². The Hall–Kier alpha value is -1.57. The summed E-state index contributed by atoms with van der Waals surface area (Å²) in [5.41, 5.74) is 5.07. The molecule has 0 bridgehead atoms. The van der Waals surface area contributed by atoms with E-state index in [9.17, 15) is 9.59 Å². The molecule has 0 spiro atoms. The van der Waals surface area contributed by atoms with Crippen LogP contribution in [0.1, 0.15) is 27.2 Å². The Morgan fingerprint density at radius 3 is 2.31 bits per heavy atom. The molecule has 0 aliphatic heterocycles. The van der Waals surface area contributed by atoms with Gasteiger partial charge in [-0.15, -0.1) is 0 Å². The first-order chi connectivity index (χ1) is 7.42. The van der Waals surface area contributed by atoms with Crippen molar-refractivity contribution in [1.29, 1.82) is 5.26 Å². The van der Waals surface area contributed by atoms with Crippen LogP contribution in [0.5, 0.6) is 0 Å². The molecule has 90 valence electrons. The van der Waals surface area contributed by atoms with Gasteiger partial charge in [0.25, 0.3) is 0 Å². The van der Waals surface area contributed by atoms with Crippen LogP contribution in [-0.2, 0) is 9.59 Å². The largest absolute Gasteiger partial charge is 0.368 e. The predicted octanol–water partition coefficient (Wildman–Crippen LogP) is 0.506. The van der Waals surface area contributed by atoms with E-state index in [1.165, 1.54) is 4.90 Å². The van der Waals surface area contributed by atoms with E-state index in [-0.39, 0.29) is 18.4 Å². The van der Waals surface area contributed by atoms with E-state index >= 15 is 0 Å². The number of carbonyl (C=O) groups excluding carboxylic acids is 2. The molecule has 0 aromatic carbocycles. The lowest BCUT2D eigenvalue weighted by molar-refractivity contribution is -0.137. The molecule has 1 atom stereocenters. The van der Waals surface area contributed by atoms with Crippen molar-refractivity contribution in [3.63, 3.8) is 0 Å². The predicted molar refractivity (Wildman–Crippen MR) is 60.0 cm³/mol. The number of carbonyl (C=O) groups is 2. The lowest BCUT2D eigenvalue weighted by atomic mass is 10.1. The van der Waals surface area contributed by atoms with E-state index in [1.807, 2.05) is 19.9 Å². The van der Waals surface area contributed by atoms with Crippen molar-refractivity contribution in [2.45, 2.75) is 27.2 Å². The highest BCUT2D eigenvalue weighted by molar-refractivity contribution is 5.86. The molecule has 1 unspecified atom stereocenters. The number of hydrogen-bond acceptors (Lipinski definition) is 3. The monoisotopic (exact) mass is 225 g/mol. The van der Waals surface area contributed by atoms with Crippen molar-refractivity contribution in [3.05, 3.63) is 0 Å². The number of hydrogen-bond donors (Lipinski definition) is 1. The minimum absolute atomic E-state index is 0.116. The fourth-order valence-corrected chi connectivity index (χ4v) is 1.40. The second-order valence-corrected chi connectivity index (χ2v) is 4.17. The van der Waals surface area contributed by atoms with Crippen molar-refractivity contribution in [3.8, 4) is 6.07 Å². The van der Waals surface area contributed by atoms with Crippen LogP contribution in [0.2, 0.25) is 0 Å². The quantitative estimate of drug-likeness (QED) is 0.714. The Morgan fingerprint density at radius 1 is 1.44 bits per heavy atom. The summed E-state index contributed by atoms with van der Waals surface area (Å²) in [5.74, 6) is -1.31. The topological polar surface area (TPSA) is 87.2 Å². The van der Waals surface area contributed by atoms with Crippen LogP contribution in [0.4, 0.5) is 0 Å². The summed E-state index contributed by atoms with van der Waals surface area (Å²) in [4.78, 5) is 24.1. The number of amides is 2. The molecule has 2 N–H and O–H groups in total. The molecule has 0 saturated carbocycles. The highest BCUT2D eigenvalue weighted by atomic mass is 16.2. The molecule has 5 heteroatoms. The first-order valence-electron chi connectivity index (χ1n) is 5.39. The summed E-state index contributed by atoms with van der Waals surface area (Å²) < 4.78 is 0. The first-order valence-corrected chi connectivity index (χ1v) is 5.39. The number of primary amides is 1. The maximum Gasteiger partial charge on any atom is 0.240 e. The Morgan fingerprint density at radius 2 is 2.00 bits per heavy atom. The van der Waals surface area contributed by atoms with Crippen molar-refractivity contribution >= 4 is 11.8 Å². The van der Waals surface area contributed by atoms with E-state index in [1.54, 1.807) is 6.92 Å². The molecule has 0 rings (SSSR count). The average Bonchev–Trinajstić information content (AvgIpc) is 2.17. The molecule has 2 amide bonds. The Bertz CT molecular complexity index is 294. The van der Waals surface area contributed by atoms with Crippen molar-refractivity contribution < 1.29 is 9.59 Å². The molecule has 5 nitrogen and oxygen atoms in total.